The van der Waals surface area contributed by atoms with Crippen LogP contribution in [0.5, 0.6) is 0 Å². The van der Waals surface area contributed by atoms with Gasteiger partial charge in [0.1, 0.15) is 0 Å². The van der Waals surface area contributed by atoms with E-state index in [0.717, 1.165) is 12.1 Å². The van der Waals surface area contributed by atoms with Gasteiger partial charge in [-0.25, -0.2) is 8.78 Å². The lowest BCUT2D eigenvalue weighted by atomic mass is 10.1. The summed E-state index contributed by atoms with van der Waals surface area (Å²) in [6.07, 6.45) is -0.387. The largest absolute Gasteiger partial charge is 0.311 e. The van der Waals surface area contributed by atoms with Crippen molar-refractivity contribution in [2.24, 2.45) is 0 Å². The summed E-state index contributed by atoms with van der Waals surface area (Å²) in [6.45, 7) is 7.01. The maximum atomic E-state index is 12.3. The maximum absolute atomic E-state index is 12.3. The lowest BCUT2D eigenvalue weighted by Gasteiger charge is -2.08. The van der Waals surface area contributed by atoms with Gasteiger partial charge in [-0.3, -0.25) is 0 Å². The molecule has 1 rings (SSSR count). The minimum absolute atomic E-state index is 0.0695. The van der Waals surface area contributed by atoms with E-state index >= 15 is 0 Å². The van der Waals surface area contributed by atoms with E-state index in [1.807, 2.05) is 13.0 Å². The first-order valence-corrected chi connectivity index (χ1v) is 5.77. The van der Waals surface area contributed by atoms with Crippen LogP contribution in [0, 0.1) is 0 Å². The molecule has 0 aliphatic rings. The van der Waals surface area contributed by atoms with Crippen molar-refractivity contribution < 1.29 is 8.78 Å². The number of rotatable bonds is 5. The second kappa shape index (κ2) is 6.50. The molecule has 0 saturated heterocycles. The Kier molecular flexibility index (Phi) is 5.29. The van der Waals surface area contributed by atoms with Crippen LogP contribution < -0.4 is 5.32 Å². The van der Waals surface area contributed by atoms with Crippen molar-refractivity contribution in [3.8, 4) is 0 Å². The lowest BCUT2D eigenvalue weighted by Crippen LogP contribution is -2.24. The molecular formula is C14H19F2N. The quantitative estimate of drug-likeness (QED) is 0.818. The molecule has 0 aliphatic carbocycles. The molecule has 0 radical (unpaired) electrons. The van der Waals surface area contributed by atoms with Crippen molar-refractivity contribution >= 4 is 6.08 Å². The first kappa shape index (κ1) is 13.8. The fourth-order valence-corrected chi connectivity index (χ4v) is 1.44. The van der Waals surface area contributed by atoms with Gasteiger partial charge in [0, 0.05) is 18.2 Å². The van der Waals surface area contributed by atoms with E-state index in [1.165, 1.54) is 17.7 Å². The van der Waals surface area contributed by atoms with E-state index in [1.54, 1.807) is 12.1 Å². The molecule has 3 heteroatoms. The van der Waals surface area contributed by atoms with Gasteiger partial charge in [0.2, 0.25) is 0 Å². The van der Waals surface area contributed by atoms with Crippen LogP contribution in [0.3, 0.4) is 0 Å². The van der Waals surface area contributed by atoms with Gasteiger partial charge in [0.25, 0.3) is 6.43 Å². The van der Waals surface area contributed by atoms with Gasteiger partial charge in [0.15, 0.2) is 0 Å². The summed E-state index contributed by atoms with van der Waals surface area (Å²) < 4.78 is 24.7. The highest BCUT2D eigenvalue weighted by Crippen LogP contribution is 2.19. The molecule has 0 heterocycles. The highest BCUT2D eigenvalue weighted by atomic mass is 19.3. The van der Waals surface area contributed by atoms with Crippen molar-refractivity contribution in [3.63, 3.8) is 0 Å². The summed E-state index contributed by atoms with van der Waals surface area (Å²) in [5, 5.41) is 3.31. The smallest absolute Gasteiger partial charge is 0.263 e. The van der Waals surface area contributed by atoms with Gasteiger partial charge in [-0.2, -0.15) is 0 Å². The van der Waals surface area contributed by atoms with Crippen LogP contribution in [0.4, 0.5) is 8.78 Å². The van der Waals surface area contributed by atoms with Crippen molar-refractivity contribution in [3.05, 3.63) is 41.0 Å². The predicted octanol–water partition coefficient (Wildman–Crippen LogP) is 4.03. The fourth-order valence-electron chi connectivity index (χ4n) is 1.44. The third-order valence-corrected chi connectivity index (χ3v) is 2.39. The minimum atomic E-state index is -2.39. The second-order valence-corrected chi connectivity index (χ2v) is 4.49. The number of hydrogen-bond acceptors (Lipinski definition) is 1. The Balaban J connectivity index is 2.64. The molecule has 17 heavy (non-hydrogen) atoms. The van der Waals surface area contributed by atoms with Gasteiger partial charge in [-0.1, -0.05) is 49.8 Å². The summed E-state index contributed by atoms with van der Waals surface area (Å²) in [4.78, 5) is 0. The molecule has 1 nitrogen and oxygen atoms in total. The Hall–Kier alpha value is -1.22. The van der Waals surface area contributed by atoms with Crippen LogP contribution >= 0.6 is 0 Å². The van der Waals surface area contributed by atoms with Crippen LogP contribution in [0.25, 0.3) is 6.08 Å². The normalized spacial score (nSPS) is 12.5. The van der Waals surface area contributed by atoms with Crippen molar-refractivity contribution in [2.45, 2.75) is 33.2 Å². The molecule has 0 atom stereocenters. The third-order valence-electron chi connectivity index (χ3n) is 2.39. The zero-order valence-corrected chi connectivity index (χ0v) is 10.5. The summed E-state index contributed by atoms with van der Waals surface area (Å²) in [5.74, 6) is 0. The Bertz CT molecular complexity index is 366. The summed E-state index contributed by atoms with van der Waals surface area (Å²) in [6, 6.07) is 6.83. The monoisotopic (exact) mass is 239 g/mol. The third kappa shape index (κ3) is 5.09. The van der Waals surface area contributed by atoms with E-state index in [-0.39, 0.29) is 5.56 Å². The summed E-state index contributed by atoms with van der Waals surface area (Å²) in [5.41, 5.74) is 2.21. The van der Waals surface area contributed by atoms with Crippen molar-refractivity contribution in [1.82, 2.24) is 5.32 Å². The molecular weight excluding hydrogens is 220 g/mol. The highest BCUT2D eigenvalue weighted by Gasteiger charge is 2.05. The molecule has 0 amide bonds. The molecule has 94 valence electrons. The van der Waals surface area contributed by atoms with Crippen molar-refractivity contribution in [2.75, 3.05) is 6.54 Å². The van der Waals surface area contributed by atoms with Gasteiger partial charge in [-0.15, -0.1) is 0 Å². The molecule has 0 spiro atoms. The number of alkyl halides is 2. The molecule has 0 saturated carbocycles. The van der Waals surface area contributed by atoms with Gasteiger partial charge in [0.05, 0.1) is 0 Å². The SMILES string of the molecule is C/C(=C\c1ccc(C(F)F)cc1)CNC(C)C. The predicted molar refractivity (Wildman–Crippen MR) is 68.2 cm³/mol. The molecule has 1 aromatic carbocycles. The maximum Gasteiger partial charge on any atom is 0.263 e. The van der Waals surface area contributed by atoms with Gasteiger partial charge >= 0.3 is 0 Å². The molecule has 1 N–H and O–H groups in total. The van der Waals surface area contributed by atoms with E-state index in [9.17, 15) is 8.78 Å². The molecule has 0 unspecified atom stereocenters. The molecule has 1 aromatic rings. The standard InChI is InChI=1S/C14H19F2N/c1-10(2)17-9-11(3)8-12-4-6-13(7-5-12)14(15)16/h4-8,10,14,17H,9H2,1-3H3/b11-8+. The van der Waals surface area contributed by atoms with Crippen LogP contribution in [0.15, 0.2) is 29.8 Å². The van der Waals surface area contributed by atoms with Crippen LogP contribution in [-0.2, 0) is 0 Å². The number of benzene rings is 1. The van der Waals surface area contributed by atoms with Crippen LogP contribution in [0.2, 0.25) is 0 Å². The minimum Gasteiger partial charge on any atom is -0.311 e. The Labute approximate surface area is 102 Å². The van der Waals surface area contributed by atoms with Gasteiger partial charge < -0.3 is 5.32 Å². The second-order valence-electron chi connectivity index (χ2n) is 4.49. The Morgan fingerprint density at radius 2 is 1.82 bits per heavy atom. The first-order valence-electron chi connectivity index (χ1n) is 5.77. The van der Waals surface area contributed by atoms with E-state index in [4.69, 9.17) is 0 Å². The zero-order chi connectivity index (χ0) is 12.8. The summed E-state index contributed by atoms with van der Waals surface area (Å²) in [7, 11) is 0. The first-order chi connectivity index (χ1) is 7.99. The topological polar surface area (TPSA) is 12.0 Å². The molecule has 0 aromatic heterocycles. The number of hydrogen-bond donors (Lipinski definition) is 1. The summed E-state index contributed by atoms with van der Waals surface area (Å²) >= 11 is 0. The van der Waals surface area contributed by atoms with Crippen LogP contribution in [0.1, 0.15) is 38.3 Å². The molecule has 0 bridgehead atoms. The highest BCUT2D eigenvalue weighted by molar-refractivity contribution is 5.53. The number of nitrogens with one attached hydrogen (secondary N) is 1. The number of halogens is 2. The Morgan fingerprint density at radius 3 is 2.29 bits per heavy atom. The zero-order valence-electron chi connectivity index (χ0n) is 10.5. The van der Waals surface area contributed by atoms with E-state index in [2.05, 4.69) is 19.2 Å². The van der Waals surface area contributed by atoms with Crippen molar-refractivity contribution in [1.29, 1.82) is 0 Å². The Morgan fingerprint density at radius 1 is 1.24 bits per heavy atom. The average molecular weight is 239 g/mol. The lowest BCUT2D eigenvalue weighted by molar-refractivity contribution is 0.151. The van der Waals surface area contributed by atoms with Crippen LogP contribution in [-0.4, -0.2) is 12.6 Å². The molecule has 0 aliphatic heterocycles. The van der Waals surface area contributed by atoms with Gasteiger partial charge in [-0.05, 0) is 12.5 Å². The fraction of sp³-hybridized carbons (Fsp3) is 0.429. The van der Waals surface area contributed by atoms with E-state index < -0.39 is 6.43 Å². The molecule has 0 fully saturated rings. The van der Waals surface area contributed by atoms with E-state index in [0.29, 0.717) is 6.04 Å². The average Bonchev–Trinajstić information content (AvgIpc) is 2.27.